The van der Waals surface area contributed by atoms with Crippen molar-refractivity contribution in [2.45, 2.75) is 18.2 Å². The molecule has 6 nitrogen and oxygen atoms in total. The number of hydrogen-bond donors (Lipinski definition) is 2. The highest BCUT2D eigenvalue weighted by molar-refractivity contribution is 7.98. The second-order valence-electron chi connectivity index (χ2n) is 4.14. The van der Waals surface area contributed by atoms with Gasteiger partial charge in [0.1, 0.15) is 11.3 Å². The zero-order valence-corrected chi connectivity index (χ0v) is 13.6. The first-order chi connectivity index (χ1) is 9.92. The van der Waals surface area contributed by atoms with E-state index in [-0.39, 0.29) is 16.2 Å². The molecule has 0 aliphatic heterocycles. The minimum atomic E-state index is -3.71. The van der Waals surface area contributed by atoms with Crippen LogP contribution in [0.25, 0.3) is 0 Å². The van der Waals surface area contributed by atoms with Gasteiger partial charge in [-0.1, -0.05) is 0 Å². The first-order valence-electron chi connectivity index (χ1n) is 6.41. The Morgan fingerprint density at radius 1 is 1.43 bits per heavy atom. The molecule has 0 aromatic heterocycles. The van der Waals surface area contributed by atoms with Crippen molar-refractivity contribution in [1.29, 1.82) is 0 Å². The number of ether oxygens (including phenoxy) is 1. The maximum atomic E-state index is 12.1. The smallest absolute Gasteiger partial charge is 0.339 e. The average Bonchev–Trinajstić information content (AvgIpc) is 2.44. The third-order valence-corrected chi connectivity index (χ3v) is 4.76. The van der Waals surface area contributed by atoms with E-state index in [9.17, 15) is 13.2 Å². The molecule has 2 N–H and O–H groups in total. The van der Waals surface area contributed by atoms with E-state index >= 15 is 0 Å². The number of rotatable bonds is 9. The highest BCUT2D eigenvalue weighted by Gasteiger charge is 2.19. The molecule has 1 aromatic carbocycles. The van der Waals surface area contributed by atoms with Crippen LogP contribution in [-0.4, -0.2) is 44.7 Å². The van der Waals surface area contributed by atoms with Crippen molar-refractivity contribution in [1.82, 2.24) is 4.72 Å². The molecule has 21 heavy (non-hydrogen) atoms. The second-order valence-corrected chi connectivity index (χ2v) is 6.89. The van der Waals surface area contributed by atoms with E-state index in [0.717, 1.165) is 11.8 Å². The van der Waals surface area contributed by atoms with Gasteiger partial charge >= 0.3 is 5.97 Å². The summed E-state index contributed by atoms with van der Waals surface area (Å²) in [6.07, 6.45) is 2.66. The number of carboxylic acid groups (broad SMARTS) is 1. The first-order valence-corrected chi connectivity index (χ1v) is 9.28. The minimum Gasteiger partial charge on any atom is -0.493 e. The molecule has 0 aliphatic carbocycles. The van der Waals surface area contributed by atoms with Crippen LogP contribution in [0, 0.1) is 0 Å². The zero-order chi connectivity index (χ0) is 15.9. The SMILES string of the molecule is CCOc1ccc(S(=O)(=O)NCCCSC)cc1C(=O)O. The standard InChI is InChI=1S/C13H19NO5S2/c1-3-19-12-6-5-10(9-11(12)13(15)16)21(17,18)14-7-4-8-20-2/h5-6,9,14H,3-4,7-8H2,1-2H3,(H,15,16). The maximum absolute atomic E-state index is 12.1. The van der Waals surface area contributed by atoms with Crippen molar-refractivity contribution in [2.24, 2.45) is 0 Å². The Morgan fingerprint density at radius 3 is 2.71 bits per heavy atom. The number of sulfonamides is 1. The summed E-state index contributed by atoms with van der Waals surface area (Å²) in [5, 5.41) is 9.13. The fourth-order valence-corrected chi connectivity index (χ4v) is 3.16. The molecule has 0 atom stereocenters. The van der Waals surface area contributed by atoms with Crippen molar-refractivity contribution >= 4 is 27.8 Å². The summed E-state index contributed by atoms with van der Waals surface area (Å²) in [5.41, 5.74) is -0.163. The lowest BCUT2D eigenvalue weighted by molar-refractivity contribution is 0.0692. The molecule has 0 unspecified atom stereocenters. The molecule has 0 fully saturated rings. The lowest BCUT2D eigenvalue weighted by atomic mass is 10.2. The molecule has 8 heteroatoms. The predicted molar refractivity (Wildman–Crippen MR) is 82.8 cm³/mol. The largest absolute Gasteiger partial charge is 0.493 e. The Bertz CT molecular complexity index is 586. The summed E-state index contributed by atoms with van der Waals surface area (Å²) in [4.78, 5) is 11.1. The van der Waals surface area contributed by atoms with Gasteiger partial charge in [-0.05, 0) is 43.6 Å². The molecular weight excluding hydrogens is 314 g/mol. The van der Waals surface area contributed by atoms with Crippen LogP contribution in [0.2, 0.25) is 0 Å². The van der Waals surface area contributed by atoms with Crippen molar-refractivity contribution in [3.05, 3.63) is 23.8 Å². The Labute approximate surface area is 128 Å². The number of carboxylic acids is 1. The van der Waals surface area contributed by atoms with Crippen LogP contribution in [0.1, 0.15) is 23.7 Å². The van der Waals surface area contributed by atoms with Gasteiger partial charge in [-0.3, -0.25) is 0 Å². The van der Waals surface area contributed by atoms with E-state index in [2.05, 4.69) is 4.72 Å². The Morgan fingerprint density at radius 2 is 2.14 bits per heavy atom. The van der Waals surface area contributed by atoms with Gasteiger partial charge in [-0.15, -0.1) is 0 Å². The number of nitrogens with one attached hydrogen (secondary N) is 1. The average molecular weight is 333 g/mol. The zero-order valence-electron chi connectivity index (χ0n) is 12.0. The molecule has 0 aliphatic rings. The fraction of sp³-hybridized carbons (Fsp3) is 0.462. The monoisotopic (exact) mass is 333 g/mol. The van der Waals surface area contributed by atoms with E-state index < -0.39 is 16.0 Å². The summed E-state index contributed by atoms with van der Waals surface area (Å²) in [6, 6.07) is 3.82. The van der Waals surface area contributed by atoms with Crippen LogP contribution in [0.4, 0.5) is 0 Å². The third-order valence-electron chi connectivity index (χ3n) is 2.61. The van der Waals surface area contributed by atoms with Gasteiger partial charge in [0.25, 0.3) is 0 Å². The second kappa shape index (κ2) is 8.26. The van der Waals surface area contributed by atoms with Gasteiger partial charge < -0.3 is 9.84 Å². The van der Waals surface area contributed by atoms with Crippen LogP contribution in [0.15, 0.2) is 23.1 Å². The summed E-state index contributed by atoms with van der Waals surface area (Å²) in [7, 11) is -3.71. The molecule has 1 aromatic rings. The molecule has 0 radical (unpaired) electrons. The van der Waals surface area contributed by atoms with Gasteiger partial charge in [0.15, 0.2) is 0 Å². The van der Waals surface area contributed by atoms with Gasteiger partial charge in [-0.25, -0.2) is 17.9 Å². The van der Waals surface area contributed by atoms with Crippen molar-refractivity contribution in [3.63, 3.8) is 0 Å². The highest BCUT2D eigenvalue weighted by atomic mass is 32.2. The van der Waals surface area contributed by atoms with E-state index in [0.29, 0.717) is 19.6 Å². The predicted octanol–water partition coefficient (Wildman–Crippen LogP) is 1.81. The van der Waals surface area contributed by atoms with E-state index in [4.69, 9.17) is 9.84 Å². The van der Waals surface area contributed by atoms with Gasteiger partial charge in [0.2, 0.25) is 10.0 Å². The Balaban J connectivity index is 2.97. The van der Waals surface area contributed by atoms with Gasteiger partial charge in [0, 0.05) is 6.54 Å². The first kappa shape index (κ1) is 17.8. The molecule has 0 amide bonds. The molecule has 0 spiro atoms. The summed E-state index contributed by atoms with van der Waals surface area (Å²) in [6.45, 7) is 2.35. The molecular formula is C13H19NO5S2. The topological polar surface area (TPSA) is 92.7 Å². The van der Waals surface area contributed by atoms with Gasteiger partial charge in [0.05, 0.1) is 11.5 Å². The van der Waals surface area contributed by atoms with Crippen molar-refractivity contribution < 1.29 is 23.1 Å². The molecule has 0 saturated carbocycles. The quantitative estimate of drug-likeness (QED) is 0.670. The highest BCUT2D eigenvalue weighted by Crippen LogP contribution is 2.22. The minimum absolute atomic E-state index is 0.0764. The number of carbonyl (C=O) groups is 1. The summed E-state index contributed by atoms with van der Waals surface area (Å²) >= 11 is 1.63. The molecule has 0 saturated heterocycles. The molecule has 118 valence electrons. The van der Waals surface area contributed by atoms with Crippen LogP contribution in [-0.2, 0) is 10.0 Å². The Kier molecular flexibility index (Phi) is 7.00. The van der Waals surface area contributed by atoms with E-state index in [1.807, 2.05) is 6.26 Å². The fourth-order valence-electron chi connectivity index (χ4n) is 1.63. The third kappa shape index (κ3) is 5.22. The number of benzene rings is 1. The molecule has 1 rings (SSSR count). The van der Waals surface area contributed by atoms with Crippen LogP contribution >= 0.6 is 11.8 Å². The van der Waals surface area contributed by atoms with Crippen molar-refractivity contribution in [2.75, 3.05) is 25.2 Å². The normalized spacial score (nSPS) is 11.3. The van der Waals surface area contributed by atoms with Gasteiger partial charge in [-0.2, -0.15) is 11.8 Å². The number of aromatic carboxylic acids is 1. The molecule has 0 bridgehead atoms. The van der Waals surface area contributed by atoms with Crippen LogP contribution < -0.4 is 9.46 Å². The summed E-state index contributed by atoms with van der Waals surface area (Å²) < 4.78 is 31.8. The molecule has 0 heterocycles. The maximum Gasteiger partial charge on any atom is 0.339 e. The van der Waals surface area contributed by atoms with Crippen molar-refractivity contribution in [3.8, 4) is 5.75 Å². The number of thioether (sulfide) groups is 1. The summed E-state index contributed by atoms with van der Waals surface area (Å²) in [5.74, 6) is -0.212. The lowest BCUT2D eigenvalue weighted by Gasteiger charge is -2.10. The van der Waals surface area contributed by atoms with E-state index in [1.54, 1.807) is 18.7 Å². The van der Waals surface area contributed by atoms with Crippen LogP contribution in [0.5, 0.6) is 5.75 Å². The Hall–Kier alpha value is -1.25. The lowest BCUT2D eigenvalue weighted by Crippen LogP contribution is -2.25. The van der Waals surface area contributed by atoms with E-state index in [1.165, 1.54) is 12.1 Å². The van der Waals surface area contributed by atoms with Crippen LogP contribution in [0.3, 0.4) is 0 Å². The number of hydrogen-bond acceptors (Lipinski definition) is 5.